The Bertz CT molecular complexity index is 425. The van der Waals surface area contributed by atoms with Gasteiger partial charge in [-0.1, -0.05) is 17.5 Å². The first kappa shape index (κ1) is 12.1. The van der Waals surface area contributed by atoms with E-state index in [4.69, 9.17) is 18.0 Å². The lowest BCUT2D eigenvalue weighted by Crippen LogP contribution is -2.26. The van der Waals surface area contributed by atoms with E-state index < -0.39 is 0 Å². The van der Waals surface area contributed by atoms with E-state index in [2.05, 4.69) is 21.9 Å². The van der Waals surface area contributed by atoms with Gasteiger partial charge in [-0.2, -0.15) is 0 Å². The van der Waals surface area contributed by atoms with Crippen LogP contribution in [0.3, 0.4) is 0 Å². The SMILES string of the molecule is C#CCN(C)C(=O)c1ccc(Br)c(Cl)c1. The number of hydrogen-bond donors (Lipinski definition) is 0. The summed E-state index contributed by atoms with van der Waals surface area (Å²) in [7, 11) is 1.65. The van der Waals surface area contributed by atoms with E-state index in [1.54, 1.807) is 25.2 Å². The van der Waals surface area contributed by atoms with Crippen molar-refractivity contribution in [2.24, 2.45) is 0 Å². The van der Waals surface area contributed by atoms with Crippen LogP contribution < -0.4 is 0 Å². The zero-order chi connectivity index (χ0) is 11.4. The van der Waals surface area contributed by atoms with Crippen LogP contribution in [0, 0.1) is 12.3 Å². The summed E-state index contributed by atoms with van der Waals surface area (Å²) in [4.78, 5) is 13.2. The van der Waals surface area contributed by atoms with Crippen LogP contribution in [0.25, 0.3) is 0 Å². The summed E-state index contributed by atoms with van der Waals surface area (Å²) >= 11 is 9.14. The summed E-state index contributed by atoms with van der Waals surface area (Å²) in [6.07, 6.45) is 5.12. The van der Waals surface area contributed by atoms with Crippen molar-refractivity contribution < 1.29 is 4.79 Å². The molecule has 0 fully saturated rings. The highest BCUT2D eigenvalue weighted by atomic mass is 79.9. The first-order chi connectivity index (χ1) is 7.06. The molecule has 2 nitrogen and oxygen atoms in total. The molecule has 1 aromatic rings. The standard InChI is InChI=1S/C11H9BrClNO/c1-3-6-14(2)11(15)8-4-5-9(12)10(13)7-8/h1,4-5,7H,6H2,2H3. The van der Waals surface area contributed by atoms with Crippen molar-refractivity contribution in [2.45, 2.75) is 0 Å². The van der Waals surface area contributed by atoms with Crippen molar-refractivity contribution >= 4 is 33.4 Å². The van der Waals surface area contributed by atoms with Crippen molar-refractivity contribution in [3.8, 4) is 12.3 Å². The molecule has 0 unspecified atom stereocenters. The summed E-state index contributed by atoms with van der Waals surface area (Å²) in [5, 5.41) is 0.509. The highest BCUT2D eigenvalue weighted by Gasteiger charge is 2.11. The highest BCUT2D eigenvalue weighted by molar-refractivity contribution is 9.10. The maximum absolute atomic E-state index is 11.8. The maximum Gasteiger partial charge on any atom is 0.254 e. The lowest BCUT2D eigenvalue weighted by atomic mass is 10.2. The molecule has 0 heterocycles. The number of nitrogens with zero attached hydrogens (tertiary/aromatic N) is 1. The molecule has 0 atom stereocenters. The molecular weight excluding hydrogens is 277 g/mol. The van der Waals surface area contributed by atoms with Crippen LogP contribution in [0.1, 0.15) is 10.4 Å². The van der Waals surface area contributed by atoms with Gasteiger partial charge in [-0.3, -0.25) is 4.79 Å². The van der Waals surface area contributed by atoms with Crippen molar-refractivity contribution in [1.29, 1.82) is 0 Å². The fourth-order valence-electron chi connectivity index (χ4n) is 1.06. The molecule has 0 aliphatic carbocycles. The van der Waals surface area contributed by atoms with Crippen LogP contribution in [0.4, 0.5) is 0 Å². The van der Waals surface area contributed by atoms with Crippen molar-refractivity contribution in [1.82, 2.24) is 4.90 Å². The van der Waals surface area contributed by atoms with Gasteiger partial charge in [0.15, 0.2) is 0 Å². The molecule has 15 heavy (non-hydrogen) atoms. The molecular formula is C11H9BrClNO. The average molecular weight is 287 g/mol. The van der Waals surface area contributed by atoms with Crippen LogP contribution in [0.15, 0.2) is 22.7 Å². The average Bonchev–Trinajstić information content (AvgIpc) is 2.21. The van der Waals surface area contributed by atoms with Gasteiger partial charge in [0.25, 0.3) is 5.91 Å². The summed E-state index contributed by atoms with van der Waals surface area (Å²) in [6.45, 7) is 0.284. The number of benzene rings is 1. The minimum Gasteiger partial charge on any atom is -0.331 e. The molecule has 0 aliphatic heterocycles. The quantitative estimate of drug-likeness (QED) is 0.766. The van der Waals surface area contributed by atoms with Crippen molar-refractivity contribution in [2.75, 3.05) is 13.6 Å². The fraction of sp³-hybridized carbons (Fsp3) is 0.182. The van der Waals surface area contributed by atoms with Gasteiger partial charge in [-0.15, -0.1) is 6.42 Å². The number of amides is 1. The van der Waals surface area contributed by atoms with Gasteiger partial charge in [0, 0.05) is 17.1 Å². The minimum absolute atomic E-state index is 0.137. The van der Waals surface area contributed by atoms with Gasteiger partial charge < -0.3 is 4.90 Å². The Balaban J connectivity index is 2.93. The molecule has 0 spiro atoms. The van der Waals surface area contributed by atoms with Gasteiger partial charge >= 0.3 is 0 Å². The molecule has 4 heteroatoms. The number of carbonyl (C=O) groups excluding carboxylic acids is 1. The van der Waals surface area contributed by atoms with Gasteiger partial charge in [0.2, 0.25) is 0 Å². The van der Waals surface area contributed by atoms with Crippen LogP contribution in [-0.2, 0) is 0 Å². The summed E-state index contributed by atoms with van der Waals surface area (Å²) in [5.41, 5.74) is 0.529. The Morgan fingerprint density at radius 2 is 2.33 bits per heavy atom. The number of rotatable bonds is 2. The molecule has 0 saturated carbocycles. The van der Waals surface area contributed by atoms with Gasteiger partial charge in [-0.05, 0) is 34.1 Å². The lowest BCUT2D eigenvalue weighted by molar-refractivity contribution is 0.0812. The van der Waals surface area contributed by atoms with E-state index in [9.17, 15) is 4.79 Å². The van der Waals surface area contributed by atoms with Crippen LogP contribution >= 0.6 is 27.5 Å². The number of hydrogen-bond acceptors (Lipinski definition) is 1. The molecule has 0 N–H and O–H groups in total. The Morgan fingerprint density at radius 1 is 1.67 bits per heavy atom. The second kappa shape index (κ2) is 5.20. The van der Waals surface area contributed by atoms with Crippen molar-refractivity contribution in [3.05, 3.63) is 33.3 Å². The number of halogens is 2. The van der Waals surface area contributed by atoms with E-state index in [0.717, 1.165) is 4.47 Å². The Labute approximate surface area is 102 Å². The topological polar surface area (TPSA) is 20.3 Å². The first-order valence-corrected chi connectivity index (χ1v) is 5.37. The van der Waals surface area contributed by atoms with Gasteiger partial charge in [0.1, 0.15) is 0 Å². The predicted octanol–water partition coefficient (Wildman–Crippen LogP) is 2.81. The third kappa shape index (κ3) is 2.98. The highest BCUT2D eigenvalue weighted by Crippen LogP contribution is 2.23. The van der Waals surface area contributed by atoms with Gasteiger partial charge in [0.05, 0.1) is 11.6 Å². The summed E-state index contributed by atoms with van der Waals surface area (Å²) < 4.78 is 0.764. The summed E-state index contributed by atoms with van der Waals surface area (Å²) in [5.74, 6) is 2.27. The molecule has 0 bridgehead atoms. The second-order valence-electron chi connectivity index (χ2n) is 2.99. The molecule has 78 valence electrons. The predicted molar refractivity (Wildman–Crippen MR) is 64.9 cm³/mol. The normalized spacial score (nSPS) is 9.47. The van der Waals surface area contributed by atoms with E-state index in [1.165, 1.54) is 4.90 Å². The largest absolute Gasteiger partial charge is 0.331 e. The van der Waals surface area contributed by atoms with Crippen LogP contribution in [-0.4, -0.2) is 24.4 Å². The minimum atomic E-state index is -0.137. The number of terminal acetylenes is 1. The van der Waals surface area contributed by atoms with E-state index in [1.807, 2.05) is 0 Å². The van der Waals surface area contributed by atoms with E-state index >= 15 is 0 Å². The van der Waals surface area contributed by atoms with Crippen molar-refractivity contribution in [3.63, 3.8) is 0 Å². The molecule has 1 aromatic carbocycles. The Morgan fingerprint density at radius 3 is 2.87 bits per heavy atom. The zero-order valence-electron chi connectivity index (χ0n) is 8.13. The zero-order valence-corrected chi connectivity index (χ0v) is 10.5. The van der Waals surface area contributed by atoms with E-state index in [-0.39, 0.29) is 12.5 Å². The molecule has 0 aliphatic rings. The molecule has 1 rings (SSSR count). The lowest BCUT2D eigenvalue weighted by Gasteiger charge is -2.13. The monoisotopic (exact) mass is 285 g/mol. The molecule has 1 amide bonds. The Kier molecular flexibility index (Phi) is 4.19. The Hall–Kier alpha value is -0.980. The second-order valence-corrected chi connectivity index (χ2v) is 4.26. The first-order valence-electron chi connectivity index (χ1n) is 4.20. The molecule has 0 aromatic heterocycles. The van der Waals surface area contributed by atoms with Crippen LogP contribution in [0.5, 0.6) is 0 Å². The van der Waals surface area contributed by atoms with Gasteiger partial charge in [-0.25, -0.2) is 0 Å². The summed E-state index contributed by atoms with van der Waals surface area (Å²) in [6, 6.07) is 5.05. The molecule has 0 radical (unpaired) electrons. The fourth-order valence-corrected chi connectivity index (χ4v) is 1.49. The van der Waals surface area contributed by atoms with Crippen LogP contribution in [0.2, 0.25) is 5.02 Å². The maximum atomic E-state index is 11.8. The molecule has 0 saturated heterocycles. The third-order valence-corrected chi connectivity index (χ3v) is 3.07. The number of carbonyl (C=O) groups is 1. The third-order valence-electron chi connectivity index (χ3n) is 1.84. The smallest absolute Gasteiger partial charge is 0.254 e. The van der Waals surface area contributed by atoms with E-state index in [0.29, 0.717) is 10.6 Å².